The average Bonchev–Trinajstić information content (AvgIpc) is 2.31. The van der Waals surface area contributed by atoms with E-state index in [0.717, 1.165) is 5.57 Å². The molecule has 0 spiro atoms. The highest BCUT2D eigenvalue weighted by Gasteiger charge is 2.31. The Kier molecular flexibility index (Phi) is 3.18. The van der Waals surface area contributed by atoms with Gasteiger partial charge in [-0.3, -0.25) is 0 Å². The molecular weight excluding hydrogens is 224 g/mol. The molecule has 1 aromatic rings. The summed E-state index contributed by atoms with van der Waals surface area (Å²) < 4.78 is 0. The van der Waals surface area contributed by atoms with E-state index < -0.39 is 5.79 Å². The largest absolute Gasteiger partial charge is 0.359 e. The zero-order valence-electron chi connectivity index (χ0n) is 11.4. The molecule has 0 saturated carbocycles. The summed E-state index contributed by atoms with van der Waals surface area (Å²) in [6.07, 6.45) is 3.35. The second-order valence-corrected chi connectivity index (χ2v) is 5.16. The van der Waals surface area contributed by atoms with Gasteiger partial charge in [-0.2, -0.15) is 0 Å². The molecular formula is C16H20O2. The molecule has 1 atom stereocenters. The first kappa shape index (κ1) is 13.1. The van der Waals surface area contributed by atoms with Crippen LogP contribution in [0.4, 0.5) is 0 Å². The van der Waals surface area contributed by atoms with Crippen LogP contribution >= 0.6 is 0 Å². The Morgan fingerprint density at radius 1 is 1.06 bits per heavy atom. The van der Waals surface area contributed by atoms with Crippen LogP contribution in [-0.4, -0.2) is 16.0 Å². The summed E-state index contributed by atoms with van der Waals surface area (Å²) in [5, 5.41) is 19.6. The van der Waals surface area contributed by atoms with Crippen molar-refractivity contribution in [3.8, 4) is 0 Å². The fraction of sp³-hybridized carbons (Fsp3) is 0.375. The van der Waals surface area contributed by atoms with E-state index in [1.165, 1.54) is 22.8 Å². The van der Waals surface area contributed by atoms with E-state index in [1.807, 2.05) is 19.1 Å². The Labute approximate surface area is 108 Å². The molecule has 2 nitrogen and oxygen atoms in total. The number of benzene rings is 1. The zero-order valence-corrected chi connectivity index (χ0v) is 11.4. The van der Waals surface area contributed by atoms with E-state index in [9.17, 15) is 10.2 Å². The molecule has 0 saturated heterocycles. The summed E-state index contributed by atoms with van der Waals surface area (Å²) in [7, 11) is 0. The minimum atomic E-state index is -1.79. The van der Waals surface area contributed by atoms with Gasteiger partial charge in [-0.25, -0.2) is 0 Å². The Bertz CT molecular complexity index is 536. The van der Waals surface area contributed by atoms with E-state index >= 15 is 0 Å². The van der Waals surface area contributed by atoms with E-state index in [-0.39, 0.29) is 5.92 Å². The summed E-state index contributed by atoms with van der Waals surface area (Å²) in [5.41, 5.74) is 5.39. The van der Waals surface area contributed by atoms with Gasteiger partial charge >= 0.3 is 0 Å². The predicted octanol–water partition coefficient (Wildman–Crippen LogP) is 2.97. The Balaban J connectivity index is 2.51. The van der Waals surface area contributed by atoms with Crippen molar-refractivity contribution in [3.05, 3.63) is 58.2 Å². The van der Waals surface area contributed by atoms with E-state index in [4.69, 9.17) is 0 Å². The molecule has 18 heavy (non-hydrogen) atoms. The maximum Gasteiger partial charge on any atom is 0.206 e. The second-order valence-electron chi connectivity index (χ2n) is 5.16. The maximum atomic E-state index is 9.81. The zero-order chi connectivity index (χ0) is 13.5. The minimum Gasteiger partial charge on any atom is -0.359 e. The van der Waals surface area contributed by atoms with Gasteiger partial charge in [0, 0.05) is 5.92 Å². The third-order valence-corrected chi connectivity index (χ3v) is 4.11. The van der Waals surface area contributed by atoms with Crippen LogP contribution in [0.15, 0.2) is 41.5 Å². The molecule has 2 N–H and O–H groups in total. The average molecular weight is 244 g/mol. The van der Waals surface area contributed by atoms with Crippen LogP contribution in [0.2, 0.25) is 0 Å². The maximum absolute atomic E-state index is 9.81. The molecule has 1 aliphatic rings. The fourth-order valence-electron chi connectivity index (χ4n) is 2.47. The second kappa shape index (κ2) is 4.38. The van der Waals surface area contributed by atoms with Crippen LogP contribution in [0.5, 0.6) is 0 Å². The van der Waals surface area contributed by atoms with Gasteiger partial charge < -0.3 is 10.2 Å². The summed E-state index contributed by atoms with van der Waals surface area (Å²) >= 11 is 0. The van der Waals surface area contributed by atoms with Gasteiger partial charge in [-0.15, -0.1) is 0 Å². The van der Waals surface area contributed by atoms with Crippen molar-refractivity contribution >= 4 is 0 Å². The molecule has 1 aliphatic carbocycles. The topological polar surface area (TPSA) is 40.5 Å². The van der Waals surface area contributed by atoms with Gasteiger partial charge in [0.15, 0.2) is 0 Å². The monoisotopic (exact) mass is 244 g/mol. The van der Waals surface area contributed by atoms with Crippen molar-refractivity contribution in [2.45, 2.75) is 39.4 Å². The van der Waals surface area contributed by atoms with Crippen molar-refractivity contribution in [2.75, 3.05) is 0 Å². The highest BCUT2D eigenvalue weighted by atomic mass is 16.5. The van der Waals surface area contributed by atoms with Gasteiger partial charge in [-0.05, 0) is 56.0 Å². The lowest BCUT2D eigenvalue weighted by atomic mass is 9.80. The van der Waals surface area contributed by atoms with Crippen LogP contribution in [0, 0.1) is 13.8 Å². The molecule has 1 unspecified atom stereocenters. The van der Waals surface area contributed by atoms with E-state index in [1.54, 1.807) is 6.92 Å². The summed E-state index contributed by atoms with van der Waals surface area (Å²) in [5.74, 6) is -1.66. The molecule has 0 heterocycles. The van der Waals surface area contributed by atoms with Gasteiger partial charge in [0.2, 0.25) is 5.79 Å². The molecule has 2 heteroatoms. The van der Waals surface area contributed by atoms with E-state index in [0.29, 0.717) is 5.57 Å². The number of allylic oxidation sites excluding steroid dienone is 2. The van der Waals surface area contributed by atoms with Crippen molar-refractivity contribution in [3.63, 3.8) is 0 Å². The number of hydrogen-bond donors (Lipinski definition) is 2. The quantitative estimate of drug-likeness (QED) is 0.589. The first-order valence-electron chi connectivity index (χ1n) is 6.22. The Morgan fingerprint density at radius 3 is 2.39 bits per heavy atom. The van der Waals surface area contributed by atoms with Gasteiger partial charge in [0.1, 0.15) is 0 Å². The normalized spacial score (nSPS) is 22.4. The molecule has 2 rings (SSSR count). The number of hydrogen-bond acceptors (Lipinski definition) is 2. The number of aliphatic hydroxyl groups is 2. The van der Waals surface area contributed by atoms with E-state index in [2.05, 4.69) is 26.0 Å². The first-order valence-corrected chi connectivity index (χ1v) is 6.22. The minimum absolute atomic E-state index is 0.136. The van der Waals surface area contributed by atoms with Crippen molar-refractivity contribution in [1.29, 1.82) is 0 Å². The third-order valence-electron chi connectivity index (χ3n) is 4.11. The van der Waals surface area contributed by atoms with Crippen LogP contribution < -0.4 is 0 Å². The third kappa shape index (κ3) is 2.02. The lowest BCUT2D eigenvalue weighted by molar-refractivity contribution is -0.0866. The molecule has 0 radical (unpaired) electrons. The van der Waals surface area contributed by atoms with Crippen LogP contribution in [0.3, 0.4) is 0 Å². The molecule has 1 aromatic carbocycles. The van der Waals surface area contributed by atoms with Gasteiger partial charge in [0.25, 0.3) is 0 Å². The van der Waals surface area contributed by atoms with Crippen LogP contribution in [0.1, 0.15) is 36.5 Å². The summed E-state index contributed by atoms with van der Waals surface area (Å²) in [4.78, 5) is 0. The first-order chi connectivity index (χ1) is 8.34. The SMILES string of the molecule is CC1=C(C)C(O)(O)C=CC1c1cccc(C)c1C. The van der Waals surface area contributed by atoms with Crippen LogP contribution in [0.25, 0.3) is 0 Å². The van der Waals surface area contributed by atoms with Crippen LogP contribution in [-0.2, 0) is 0 Å². The smallest absolute Gasteiger partial charge is 0.206 e. The lowest BCUT2D eigenvalue weighted by Gasteiger charge is -2.30. The standard InChI is InChI=1S/C16H20O2/c1-10-6-5-7-14(11(10)2)15-8-9-16(17,18)13(4)12(15)3/h5-9,15,17-18H,1-4H3. The summed E-state index contributed by atoms with van der Waals surface area (Å²) in [6, 6.07) is 6.25. The molecule has 0 bridgehead atoms. The Hall–Kier alpha value is -1.38. The molecule has 96 valence electrons. The molecule has 0 amide bonds. The highest BCUT2D eigenvalue weighted by Crippen LogP contribution is 2.37. The highest BCUT2D eigenvalue weighted by molar-refractivity contribution is 5.46. The Morgan fingerprint density at radius 2 is 1.72 bits per heavy atom. The number of rotatable bonds is 1. The molecule has 0 aromatic heterocycles. The van der Waals surface area contributed by atoms with Crippen molar-refractivity contribution < 1.29 is 10.2 Å². The van der Waals surface area contributed by atoms with Crippen molar-refractivity contribution in [2.24, 2.45) is 0 Å². The van der Waals surface area contributed by atoms with Gasteiger partial charge in [0.05, 0.1) is 0 Å². The fourth-order valence-corrected chi connectivity index (χ4v) is 2.47. The predicted molar refractivity (Wildman–Crippen MR) is 73.3 cm³/mol. The van der Waals surface area contributed by atoms with Crippen molar-refractivity contribution in [1.82, 2.24) is 0 Å². The summed E-state index contributed by atoms with van der Waals surface area (Å²) in [6.45, 7) is 7.95. The van der Waals surface area contributed by atoms with Gasteiger partial charge in [-0.1, -0.05) is 29.8 Å². The lowest BCUT2D eigenvalue weighted by Crippen LogP contribution is -2.31. The number of aryl methyl sites for hydroxylation is 1. The molecule has 0 aliphatic heterocycles. The molecule has 0 fully saturated rings.